The molecule has 32 heavy (non-hydrogen) atoms. The number of hydrogen-bond acceptors (Lipinski definition) is 4. The minimum absolute atomic E-state index is 0.388. The monoisotopic (exact) mass is 462 g/mol. The fourth-order valence-corrected chi connectivity index (χ4v) is 3.78. The van der Waals surface area contributed by atoms with Crippen LogP contribution in [0.3, 0.4) is 0 Å². The van der Waals surface area contributed by atoms with Gasteiger partial charge in [0.15, 0.2) is 0 Å². The average Bonchev–Trinajstić information content (AvgIpc) is 2.82. The molecule has 0 saturated carbocycles. The maximum Gasteiger partial charge on any atom is 0.339 e. The molecule has 4 aromatic carbocycles. The van der Waals surface area contributed by atoms with Crippen molar-refractivity contribution in [2.45, 2.75) is 0 Å². The second kappa shape index (κ2) is 9.77. The maximum absolute atomic E-state index is 12.0. The SMILES string of the molecule is COC(=O)c1ccccc1Nc1ccc(Nc2ccc(-c3ccccc3Cl)cc2Cl)cc1. The molecule has 4 aromatic rings. The highest BCUT2D eigenvalue weighted by molar-refractivity contribution is 6.34. The van der Waals surface area contributed by atoms with E-state index in [4.69, 9.17) is 27.9 Å². The van der Waals surface area contributed by atoms with E-state index in [0.29, 0.717) is 21.3 Å². The van der Waals surface area contributed by atoms with Crippen molar-refractivity contribution in [3.05, 3.63) is 107 Å². The summed E-state index contributed by atoms with van der Waals surface area (Å²) >= 11 is 12.8. The number of halogens is 2. The van der Waals surface area contributed by atoms with Crippen LogP contribution in [-0.2, 0) is 4.74 Å². The molecule has 0 aliphatic heterocycles. The van der Waals surface area contributed by atoms with Gasteiger partial charge in [-0.25, -0.2) is 4.79 Å². The van der Waals surface area contributed by atoms with Crippen molar-refractivity contribution >= 4 is 51.9 Å². The molecule has 160 valence electrons. The summed E-state index contributed by atoms with van der Waals surface area (Å²) in [6.45, 7) is 0. The van der Waals surface area contributed by atoms with Crippen LogP contribution in [0.5, 0.6) is 0 Å². The second-order valence-corrected chi connectivity index (χ2v) is 7.85. The Bertz CT molecular complexity index is 1260. The molecule has 0 fully saturated rings. The van der Waals surface area contributed by atoms with E-state index < -0.39 is 0 Å². The van der Waals surface area contributed by atoms with Crippen molar-refractivity contribution in [1.29, 1.82) is 0 Å². The van der Waals surface area contributed by atoms with E-state index in [1.54, 1.807) is 12.1 Å². The first-order valence-corrected chi connectivity index (χ1v) is 10.7. The van der Waals surface area contributed by atoms with Crippen LogP contribution >= 0.6 is 23.2 Å². The Morgan fingerprint density at radius 1 is 0.719 bits per heavy atom. The molecule has 0 unspecified atom stereocenters. The molecule has 4 rings (SSSR count). The zero-order chi connectivity index (χ0) is 22.5. The quantitative estimate of drug-likeness (QED) is 0.285. The number of nitrogens with one attached hydrogen (secondary N) is 2. The predicted octanol–water partition coefficient (Wildman–Crippen LogP) is 7.93. The fourth-order valence-electron chi connectivity index (χ4n) is 3.31. The molecular weight excluding hydrogens is 443 g/mol. The highest BCUT2D eigenvalue weighted by atomic mass is 35.5. The molecule has 0 heterocycles. The normalized spacial score (nSPS) is 10.5. The predicted molar refractivity (Wildman–Crippen MR) is 133 cm³/mol. The summed E-state index contributed by atoms with van der Waals surface area (Å²) in [7, 11) is 1.37. The van der Waals surface area contributed by atoms with Gasteiger partial charge in [-0.05, 0) is 60.2 Å². The van der Waals surface area contributed by atoms with Crippen LogP contribution in [0.25, 0.3) is 11.1 Å². The number of esters is 1. The first-order chi connectivity index (χ1) is 15.5. The molecule has 0 radical (unpaired) electrons. The van der Waals surface area contributed by atoms with Crippen LogP contribution in [0.4, 0.5) is 22.7 Å². The van der Waals surface area contributed by atoms with Crippen molar-refractivity contribution in [1.82, 2.24) is 0 Å². The summed E-state index contributed by atoms with van der Waals surface area (Å²) in [6, 6.07) is 28.4. The topological polar surface area (TPSA) is 50.4 Å². The van der Waals surface area contributed by atoms with Gasteiger partial charge in [0.25, 0.3) is 0 Å². The van der Waals surface area contributed by atoms with E-state index in [2.05, 4.69) is 10.6 Å². The smallest absolute Gasteiger partial charge is 0.339 e. The van der Waals surface area contributed by atoms with Gasteiger partial charge in [-0.15, -0.1) is 0 Å². The highest BCUT2D eigenvalue weighted by Gasteiger charge is 2.11. The van der Waals surface area contributed by atoms with Crippen molar-refractivity contribution in [3.8, 4) is 11.1 Å². The molecular formula is C26H20Cl2N2O2. The van der Waals surface area contributed by atoms with E-state index in [9.17, 15) is 4.79 Å². The molecule has 0 atom stereocenters. The Morgan fingerprint density at radius 2 is 1.34 bits per heavy atom. The van der Waals surface area contributed by atoms with Gasteiger partial charge in [0.05, 0.1) is 29.1 Å². The fraction of sp³-hybridized carbons (Fsp3) is 0.0385. The van der Waals surface area contributed by atoms with Gasteiger partial charge in [-0.1, -0.05) is 59.6 Å². The molecule has 0 aliphatic carbocycles. The number of rotatable bonds is 6. The van der Waals surface area contributed by atoms with Crippen LogP contribution < -0.4 is 10.6 Å². The lowest BCUT2D eigenvalue weighted by Crippen LogP contribution is -2.05. The van der Waals surface area contributed by atoms with Gasteiger partial charge < -0.3 is 15.4 Å². The summed E-state index contributed by atoms with van der Waals surface area (Å²) in [6.07, 6.45) is 0. The Labute approximate surface area is 196 Å². The number of methoxy groups -OCH3 is 1. The molecule has 0 amide bonds. The number of carbonyl (C=O) groups excluding carboxylic acids is 1. The summed E-state index contributed by atoms with van der Waals surface area (Å²) in [5.41, 5.74) is 5.55. The van der Waals surface area contributed by atoms with E-state index in [1.807, 2.05) is 78.9 Å². The highest BCUT2D eigenvalue weighted by Crippen LogP contribution is 2.34. The molecule has 0 spiro atoms. The third kappa shape index (κ3) is 4.88. The number of ether oxygens (including phenoxy) is 1. The molecule has 0 aliphatic rings. The maximum atomic E-state index is 12.0. The number of benzene rings is 4. The van der Waals surface area contributed by atoms with Crippen LogP contribution in [0.1, 0.15) is 10.4 Å². The zero-order valence-electron chi connectivity index (χ0n) is 17.2. The van der Waals surface area contributed by atoms with Crippen molar-refractivity contribution in [2.24, 2.45) is 0 Å². The van der Waals surface area contributed by atoms with Gasteiger partial charge >= 0.3 is 5.97 Å². The van der Waals surface area contributed by atoms with Crippen molar-refractivity contribution in [2.75, 3.05) is 17.7 Å². The lowest BCUT2D eigenvalue weighted by Gasteiger charge is -2.13. The molecule has 0 aromatic heterocycles. The Morgan fingerprint density at radius 3 is 2.00 bits per heavy atom. The largest absolute Gasteiger partial charge is 0.465 e. The van der Waals surface area contributed by atoms with Gasteiger partial charge in [0.2, 0.25) is 0 Å². The summed E-state index contributed by atoms with van der Waals surface area (Å²) in [5, 5.41) is 7.86. The minimum atomic E-state index is -0.388. The van der Waals surface area contributed by atoms with Crippen LogP contribution in [-0.4, -0.2) is 13.1 Å². The van der Waals surface area contributed by atoms with Crippen molar-refractivity contribution in [3.63, 3.8) is 0 Å². The zero-order valence-corrected chi connectivity index (χ0v) is 18.7. The average molecular weight is 463 g/mol. The van der Waals surface area contributed by atoms with E-state index in [-0.39, 0.29) is 5.97 Å². The summed E-state index contributed by atoms with van der Waals surface area (Å²) in [4.78, 5) is 12.0. The van der Waals surface area contributed by atoms with Gasteiger partial charge in [-0.2, -0.15) is 0 Å². The third-order valence-corrected chi connectivity index (χ3v) is 5.57. The standard InChI is InChI=1S/C26H20Cl2N2O2/c1-32-26(31)21-7-3-5-9-24(21)29-18-11-13-19(14-12-18)30-25-15-10-17(16-23(25)28)20-6-2-4-8-22(20)27/h2-16,29-30H,1H3. The second-order valence-electron chi connectivity index (χ2n) is 7.04. The number of carbonyl (C=O) groups is 1. The molecule has 4 nitrogen and oxygen atoms in total. The van der Waals surface area contributed by atoms with Gasteiger partial charge in [-0.3, -0.25) is 0 Å². The van der Waals surface area contributed by atoms with Crippen LogP contribution in [0, 0.1) is 0 Å². The Kier molecular flexibility index (Phi) is 6.64. The minimum Gasteiger partial charge on any atom is -0.465 e. The Balaban J connectivity index is 1.49. The summed E-state index contributed by atoms with van der Waals surface area (Å²) in [5.74, 6) is -0.388. The number of para-hydroxylation sites is 1. The molecule has 2 N–H and O–H groups in total. The number of hydrogen-bond donors (Lipinski definition) is 2. The molecule has 6 heteroatoms. The first kappa shape index (κ1) is 21.8. The van der Waals surface area contributed by atoms with Gasteiger partial charge in [0, 0.05) is 22.0 Å². The first-order valence-electron chi connectivity index (χ1n) is 9.91. The molecule has 0 saturated heterocycles. The van der Waals surface area contributed by atoms with Gasteiger partial charge in [0.1, 0.15) is 0 Å². The van der Waals surface area contributed by atoms with E-state index in [1.165, 1.54) is 7.11 Å². The lowest BCUT2D eigenvalue weighted by atomic mass is 10.1. The van der Waals surface area contributed by atoms with E-state index in [0.717, 1.165) is 28.2 Å². The Hall–Kier alpha value is -3.47. The lowest BCUT2D eigenvalue weighted by molar-refractivity contribution is 0.0602. The van der Waals surface area contributed by atoms with E-state index >= 15 is 0 Å². The molecule has 0 bridgehead atoms. The number of anilines is 4. The van der Waals surface area contributed by atoms with Crippen LogP contribution in [0.15, 0.2) is 91.0 Å². The van der Waals surface area contributed by atoms with Crippen LogP contribution in [0.2, 0.25) is 10.0 Å². The van der Waals surface area contributed by atoms with Crippen molar-refractivity contribution < 1.29 is 9.53 Å². The summed E-state index contributed by atoms with van der Waals surface area (Å²) < 4.78 is 4.85. The third-order valence-electron chi connectivity index (χ3n) is 4.93.